The van der Waals surface area contributed by atoms with Gasteiger partial charge in [0.25, 0.3) is 5.56 Å². The van der Waals surface area contributed by atoms with Gasteiger partial charge in [0.1, 0.15) is 11.3 Å². The van der Waals surface area contributed by atoms with Crippen molar-refractivity contribution in [3.8, 4) is 5.69 Å². The fourth-order valence-corrected chi connectivity index (χ4v) is 2.52. The van der Waals surface area contributed by atoms with Gasteiger partial charge in [0.05, 0.1) is 12.3 Å². The Hall–Kier alpha value is -2.76. The van der Waals surface area contributed by atoms with E-state index in [0.717, 1.165) is 10.2 Å². The lowest BCUT2D eigenvalue weighted by Gasteiger charge is -2.17. The predicted molar refractivity (Wildman–Crippen MR) is 104 cm³/mol. The fraction of sp³-hybridized carbons (Fsp3) is 0.429. The number of rotatable bonds is 5. The number of ether oxygens (including phenoxy) is 1. The summed E-state index contributed by atoms with van der Waals surface area (Å²) in [6.07, 6.45) is 0. The molecule has 2 rings (SSSR count). The Morgan fingerprint density at radius 2 is 1.74 bits per heavy atom. The zero-order valence-electron chi connectivity index (χ0n) is 16.7. The van der Waals surface area contributed by atoms with Crippen LogP contribution in [0, 0.1) is 5.41 Å². The smallest absolute Gasteiger partial charge is 0.343 e. The highest BCUT2D eigenvalue weighted by Gasteiger charge is 2.27. The molecule has 0 fully saturated rings. The van der Waals surface area contributed by atoms with Gasteiger partial charge < -0.3 is 4.74 Å². The lowest BCUT2D eigenvalue weighted by atomic mass is 9.88. The number of nitrogens with zero attached hydrogens (tertiary/aromatic N) is 2. The van der Waals surface area contributed by atoms with E-state index in [9.17, 15) is 14.4 Å². The molecule has 0 saturated carbocycles. The largest absolute Gasteiger partial charge is 0.462 e. The molecule has 1 aromatic carbocycles. The van der Waals surface area contributed by atoms with Crippen LogP contribution in [0.5, 0.6) is 0 Å². The van der Waals surface area contributed by atoms with Crippen molar-refractivity contribution in [3.63, 3.8) is 0 Å². The van der Waals surface area contributed by atoms with Crippen molar-refractivity contribution in [2.24, 2.45) is 5.41 Å². The first kappa shape index (κ1) is 20.6. The van der Waals surface area contributed by atoms with Crippen LogP contribution in [0.15, 0.2) is 35.1 Å². The number of carbonyl (C=O) groups excluding carboxylic acids is 2. The third-order valence-electron chi connectivity index (χ3n) is 4.13. The topological polar surface area (TPSA) is 78.3 Å². The molecule has 0 unspecified atom stereocenters. The Balaban J connectivity index is 2.68. The van der Waals surface area contributed by atoms with E-state index in [-0.39, 0.29) is 23.6 Å². The van der Waals surface area contributed by atoms with Gasteiger partial charge in [0.2, 0.25) is 0 Å². The summed E-state index contributed by atoms with van der Waals surface area (Å²) >= 11 is 0. The van der Waals surface area contributed by atoms with E-state index in [1.165, 1.54) is 6.07 Å². The molecule has 6 nitrogen and oxygen atoms in total. The van der Waals surface area contributed by atoms with Gasteiger partial charge >= 0.3 is 5.97 Å². The van der Waals surface area contributed by atoms with E-state index in [2.05, 4.69) is 18.9 Å². The third kappa shape index (κ3) is 4.51. The number of aromatic nitrogens is 2. The second-order valence-corrected chi connectivity index (χ2v) is 7.71. The van der Waals surface area contributed by atoms with Crippen molar-refractivity contribution in [1.82, 2.24) is 9.78 Å². The van der Waals surface area contributed by atoms with Gasteiger partial charge in [-0.1, -0.05) is 46.8 Å². The summed E-state index contributed by atoms with van der Waals surface area (Å²) in [7, 11) is 0. The molecule has 144 valence electrons. The highest BCUT2D eigenvalue weighted by Crippen LogP contribution is 2.21. The quantitative estimate of drug-likeness (QED) is 0.591. The Kier molecular flexibility index (Phi) is 5.98. The van der Waals surface area contributed by atoms with Crippen molar-refractivity contribution < 1.29 is 14.3 Å². The van der Waals surface area contributed by atoms with Gasteiger partial charge in [-0.05, 0) is 36.6 Å². The predicted octanol–water partition coefficient (Wildman–Crippen LogP) is 3.76. The standard InChI is InChI=1S/C21H26N2O4/c1-7-27-20(26)16-12-17(18(24)21(4,5)6)22-23(19(16)25)15-10-8-14(9-11-15)13(2)3/h8-13H,7H2,1-6H3. The Morgan fingerprint density at radius 3 is 2.22 bits per heavy atom. The number of hydrogen-bond acceptors (Lipinski definition) is 5. The zero-order valence-corrected chi connectivity index (χ0v) is 16.7. The number of carbonyl (C=O) groups is 2. The molecule has 0 aliphatic carbocycles. The lowest BCUT2D eigenvalue weighted by Crippen LogP contribution is -2.32. The Morgan fingerprint density at radius 1 is 1.15 bits per heavy atom. The summed E-state index contributed by atoms with van der Waals surface area (Å²) in [4.78, 5) is 37.8. The first-order valence-corrected chi connectivity index (χ1v) is 9.03. The minimum atomic E-state index is -0.764. The van der Waals surface area contributed by atoms with Crippen molar-refractivity contribution in [3.05, 3.63) is 57.5 Å². The van der Waals surface area contributed by atoms with E-state index >= 15 is 0 Å². The van der Waals surface area contributed by atoms with E-state index in [0.29, 0.717) is 11.6 Å². The van der Waals surface area contributed by atoms with E-state index in [1.807, 2.05) is 12.1 Å². The molecule has 0 bridgehead atoms. The molecule has 27 heavy (non-hydrogen) atoms. The van der Waals surface area contributed by atoms with Crippen LogP contribution in [-0.2, 0) is 4.74 Å². The monoisotopic (exact) mass is 370 g/mol. The van der Waals surface area contributed by atoms with Gasteiger partial charge in [-0.3, -0.25) is 9.59 Å². The van der Waals surface area contributed by atoms with Gasteiger partial charge in [-0.25, -0.2) is 4.79 Å². The average molecular weight is 370 g/mol. The molecule has 0 radical (unpaired) electrons. The maximum absolute atomic E-state index is 12.8. The van der Waals surface area contributed by atoms with E-state index in [1.54, 1.807) is 39.8 Å². The van der Waals surface area contributed by atoms with Gasteiger partial charge in [0, 0.05) is 5.41 Å². The Labute approximate surface area is 159 Å². The van der Waals surface area contributed by atoms with Crippen LogP contribution < -0.4 is 5.56 Å². The van der Waals surface area contributed by atoms with Gasteiger partial charge in [0.15, 0.2) is 5.78 Å². The molecule has 0 N–H and O–H groups in total. The third-order valence-corrected chi connectivity index (χ3v) is 4.13. The molecule has 2 aromatic rings. The van der Waals surface area contributed by atoms with Crippen molar-refractivity contribution in [2.45, 2.75) is 47.5 Å². The molecule has 0 saturated heterocycles. The van der Waals surface area contributed by atoms with Crippen LogP contribution >= 0.6 is 0 Å². The van der Waals surface area contributed by atoms with Crippen molar-refractivity contribution in [2.75, 3.05) is 6.61 Å². The summed E-state index contributed by atoms with van der Waals surface area (Å²) in [6.45, 7) is 11.2. The maximum atomic E-state index is 12.8. The van der Waals surface area contributed by atoms with Gasteiger partial charge in [-0.2, -0.15) is 9.78 Å². The fourth-order valence-electron chi connectivity index (χ4n) is 2.52. The molecule has 0 aliphatic rings. The molecular formula is C21H26N2O4. The first-order valence-electron chi connectivity index (χ1n) is 9.03. The number of hydrogen-bond donors (Lipinski definition) is 0. The minimum Gasteiger partial charge on any atom is -0.462 e. The molecule has 6 heteroatoms. The first-order chi connectivity index (χ1) is 12.6. The highest BCUT2D eigenvalue weighted by molar-refractivity contribution is 6.00. The van der Waals surface area contributed by atoms with Crippen LogP contribution in [0.3, 0.4) is 0 Å². The number of esters is 1. The minimum absolute atomic E-state index is 0.0538. The van der Waals surface area contributed by atoms with Crippen LogP contribution in [-0.4, -0.2) is 28.1 Å². The summed E-state index contributed by atoms with van der Waals surface area (Å²) in [5, 5.41) is 4.23. The molecule has 0 aliphatic heterocycles. The van der Waals surface area contributed by atoms with Gasteiger partial charge in [-0.15, -0.1) is 0 Å². The zero-order chi connectivity index (χ0) is 20.4. The Bertz CT molecular complexity index is 903. The van der Waals surface area contributed by atoms with Crippen LogP contribution in [0.4, 0.5) is 0 Å². The molecule has 0 spiro atoms. The lowest BCUT2D eigenvalue weighted by molar-refractivity contribution is 0.0523. The second-order valence-electron chi connectivity index (χ2n) is 7.71. The highest BCUT2D eigenvalue weighted by atomic mass is 16.5. The number of benzene rings is 1. The normalized spacial score (nSPS) is 11.5. The van der Waals surface area contributed by atoms with Crippen LogP contribution in [0.2, 0.25) is 0 Å². The summed E-state index contributed by atoms with van der Waals surface area (Å²) < 4.78 is 6.07. The van der Waals surface area contributed by atoms with Crippen LogP contribution in [0.1, 0.15) is 73.9 Å². The molecule has 0 atom stereocenters. The summed E-state index contributed by atoms with van der Waals surface area (Å²) in [6, 6.07) is 8.54. The van der Waals surface area contributed by atoms with E-state index < -0.39 is 16.9 Å². The average Bonchev–Trinajstić information content (AvgIpc) is 2.60. The second kappa shape index (κ2) is 7.86. The number of Topliss-reactive ketones (excluding diaryl/α,β-unsaturated/α-hetero) is 1. The molecular weight excluding hydrogens is 344 g/mol. The van der Waals surface area contributed by atoms with Crippen LogP contribution in [0.25, 0.3) is 5.69 Å². The maximum Gasteiger partial charge on any atom is 0.343 e. The summed E-state index contributed by atoms with van der Waals surface area (Å²) in [5.74, 6) is -0.686. The number of ketones is 1. The molecule has 1 aromatic heterocycles. The molecule has 1 heterocycles. The van der Waals surface area contributed by atoms with Crippen molar-refractivity contribution >= 4 is 11.8 Å². The van der Waals surface area contributed by atoms with E-state index in [4.69, 9.17) is 4.74 Å². The SMILES string of the molecule is CCOC(=O)c1cc(C(=O)C(C)(C)C)nn(-c2ccc(C(C)C)cc2)c1=O. The molecule has 0 amide bonds. The van der Waals surface area contributed by atoms with Crippen molar-refractivity contribution in [1.29, 1.82) is 0 Å². The summed E-state index contributed by atoms with van der Waals surface area (Å²) in [5.41, 5.74) is 0.127.